The predicted octanol–water partition coefficient (Wildman–Crippen LogP) is -2.27. The fraction of sp³-hybridized carbons (Fsp3) is 1.00. The number of hydrogen-bond acceptors (Lipinski definition) is 5. The Labute approximate surface area is 61.5 Å². The van der Waals surface area contributed by atoms with Gasteiger partial charge in [0, 0.05) is 19.6 Å². The van der Waals surface area contributed by atoms with Crippen molar-refractivity contribution < 1.29 is 5.11 Å². The first kappa shape index (κ1) is 12.5. The SMILES string of the molecule is CC(O)CNCCN.NN. The Balaban J connectivity index is 0. The van der Waals surface area contributed by atoms with Gasteiger partial charge in [0.25, 0.3) is 0 Å². The predicted molar refractivity (Wildman–Crippen MR) is 42.0 cm³/mol. The van der Waals surface area contributed by atoms with Crippen molar-refractivity contribution >= 4 is 0 Å². The molecule has 0 aromatic heterocycles. The molecule has 0 saturated heterocycles. The van der Waals surface area contributed by atoms with Crippen molar-refractivity contribution in [2.45, 2.75) is 13.0 Å². The van der Waals surface area contributed by atoms with Crippen molar-refractivity contribution in [3.63, 3.8) is 0 Å². The van der Waals surface area contributed by atoms with Gasteiger partial charge < -0.3 is 16.2 Å². The van der Waals surface area contributed by atoms with Crippen LogP contribution in [-0.4, -0.2) is 30.8 Å². The van der Waals surface area contributed by atoms with Crippen LogP contribution in [0.5, 0.6) is 0 Å². The lowest BCUT2D eigenvalue weighted by Gasteiger charge is -2.03. The number of nitrogens with one attached hydrogen (secondary N) is 1. The fourth-order valence-electron chi connectivity index (χ4n) is 0.413. The smallest absolute Gasteiger partial charge is 0.0636 e. The lowest BCUT2D eigenvalue weighted by atomic mass is 10.4. The minimum Gasteiger partial charge on any atom is -0.392 e. The van der Waals surface area contributed by atoms with Gasteiger partial charge in [0.1, 0.15) is 0 Å². The molecule has 8 N–H and O–H groups in total. The van der Waals surface area contributed by atoms with Gasteiger partial charge in [-0.05, 0) is 6.92 Å². The summed E-state index contributed by atoms with van der Waals surface area (Å²) in [7, 11) is 0. The molecule has 0 aromatic rings. The Bertz CT molecular complexity index is 50.9. The number of nitrogens with two attached hydrogens (primary N) is 3. The summed E-state index contributed by atoms with van der Waals surface area (Å²) in [6.45, 7) is 3.79. The summed E-state index contributed by atoms with van der Waals surface area (Å²) in [6.07, 6.45) is -0.262. The molecule has 64 valence electrons. The maximum atomic E-state index is 8.68. The second kappa shape index (κ2) is 11.6. The lowest BCUT2D eigenvalue weighted by molar-refractivity contribution is 0.192. The van der Waals surface area contributed by atoms with E-state index in [0.717, 1.165) is 6.54 Å². The third-order valence-electron chi connectivity index (χ3n) is 0.761. The highest BCUT2D eigenvalue weighted by atomic mass is 16.3. The van der Waals surface area contributed by atoms with Crippen molar-refractivity contribution in [3.8, 4) is 0 Å². The van der Waals surface area contributed by atoms with Crippen LogP contribution in [-0.2, 0) is 0 Å². The van der Waals surface area contributed by atoms with Crippen molar-refractivity contribution in [3.05, 3.63) is 0 Å². The molecule has 0 aliphatic carbocycles. The largest absolute Gasteiger partial charge is 0.392 e. The van der Waals surface area contributed by atoms with E-state index in [2.05, 4.69) is 17.0 Å². The highest BCUT2D eigenvalue weighted by Gasteiger charge is 1.90. The van der Waals surface area contributed by atoms with Crippen LogP contribution in [0.2, 0.25) is 0 Å². The van der Waals surface area contributed by atoms with Gasteiger partial charge in [0.2, 0.25) is 0 Å². The normalized spacial score (nSPS) is 11.7. The molecule has 1 unspecified atom stereocenters. The lowest BCUT2D eigenvalue weighted by Crippen LogP contribution is -2.29. The van der Waals surface area contributed by atoms with E-state index in [9.17, 15) is 0 Å². The van der Waals surface area contributed by atoms with Gasteiger partial charge in [-0.25, -0.2) is 0 Å². The monoisotopic (exact) mass is 150 g/mol. The molecular weight excluding hydrogens is 132 g/mol. The molecule has 1 atom stereocenters. The van der Waals surface area contributed by atoms with Gasteiger partial charge in [-0.15, -0.1) is 0 Å². The van der Waals surface area contributed by atoms with Gasteiger partial charge >= 0.3 is 0 Å². The topological polar surface area (TPSA) is 110 Å². The van der Waals surface area contributed by atoms with Crippen LogP contribution in [0, 0.1) is 0 Å². The summed E-state index contributed by atoms with van der Waals surface area (Å²) in [5, 5.41) is 11.6. The van der Waals surface area contributed by atoms with Gasteiger partial charge in [0.15, 0.2) is 0 Å². The molecule has 5 heteroatoms. The Morgan fingerprint density at radius 2 is 2.00 bits per heavy atom. The molecule has 0 aromatic carbocycles. The number of rotatable bonds is 4. The minimum absolute atomic E-state index is 0.262. The molecule has 0 saturated carbocycles. The molecule has 10 heavy (non-hydrogen) atoms. The first-order valence-corrected chi connectivity index (χ1v) is 3.19. The molecule has 0 heterocycles. The molecule has 0 aliphatic heterocycles. The third-order valence-corrected chi connectivity index (χ3v) is 0.761. The molecule has 0 aliphatic rings. The minimum atomic E-state index is -0.262. The quantitative estimate of drug-likeness (QED) is 0.176. The van der Waals surface area contributed by atoms with Gasteiger partial charge in [-0.3, -0.25) is 11.7 Å². The summed E-state index contributed by atoms with van der Waals surface area (Å²) in [5.41, 5.74) is 5.17. The highest BCUT2D eigenvalue weighted by molar-refractivity contribution is 4.51. The van der Waals surface area contributed by atoms with E-state index in [1.165, 1.54) is 0 Å². The molecule has 0 bridgehead atoms. The molecular formula is C5H18N4O. The average molecular weight is 150 g/mol. The summed E-state index contributed by atoms with van der Waals surface area (Å²) < 4.78 is 0. The highest BCUT2D eigenvalue weighted by Crippen LogP contribution is 1.71. The molecule has 0 amide bonds. The standard InChI is InChI=1S/C5H14N2O.H4N2/c1-5(8)4-7-3-2-6;1-2/h5,7-8H,2-4,6H2,1H3;1-2H2. The zero-order valence-corrected chi connectivity index (χ0v) is 6.38. The van der Waals surface area contributed by atoms with Crippen LogP contribution in [0.4, 0.5) is 0 Å². The van der Waals surface area contributed by atoms with Crippen molar-refractivity contribution in [1.29, 1.82) is 0 Å². The second-order valence-corrected chi connectivity index (χ2v) is 1.84. The van der Waals surface area contributed by atoms with Crippen molar-refractivity contribution in [1.82, 2.24) is 5.32 Å². The van der Waals surface area contributed by atoms with E-state index in [4.69, 9.17) is 10.8 Å². The van der Waals surface area contributed by atoms with Crippen LogP contribution in [0.15, 0.2) is 0 Å². The molecule has 0 spiro atoms. The van der Waals surface area contributed by atoms with E-state index in [1.807, 2.05) is 0 Å². The van der Waals surface area contributed by atoms with E-state index in [-0.39, 0.29) is 6.10 Å². The van der Waals surface area contributed by atoms with E-state index < -0.39 is 0 Å². The van der Waals surface area contributed by atoms with Crippen molar-refractivity contribution in [2.24, 2.45) is 17.4 Å². The Hall–Kier alpha value is -0.200. The summed E-state index contributed by atoms with van der Waals surface area (Å²) in [5.74, 6) is 8.00. The fourth-order valence-corrected chi connectivity index (χ4v) is 0.413. The summed E-state index contributed by atoms with van der Waals surface area (Å²) >= 11 is 0. The van der Waals surface area contributed by atoms with Crippen LogP contribution >= 0.6 is 0 Å². The van der Waals surface area contributed by atoms with E-state index in [1.54, 1.807) is 6.92 Å². The molecule has 0 rings (SSSR count). The number of aliphatic hydroxyl groups is 1. The van der Waals surface area contributed by atoms with Crippen LogP contribution in [0.3, 0.4) is 0 Å². The maximum Gasteiger partial charge on any atom is 0.0636 e. The van der Waals surface area contributed by atoms with Crippen LogP contribution in [0.1, 0.15) is 6.92 Å². The molecule has 5 nitrogen and oxygen atoms in total. The van der Waals surface area contributed by atoms with E-state index in [0.29, 0.717) is 13.1 Å². The summed E-state index contributed by atoms with van der Waals surface area (Å²) in [6, 6.07) is 0. The van der Waals surface area contributed by atoms with Crippen LogP contribution < -0.4 is 22.7 Å². The zero-order valence-electron chi connectivity index (χ0n) is 6.38. The number of aliphatic hydroxyl groups excluding tert-OH is 1. The molecule has 0 radical (unpaired) electrons. The molecule has 0 fully saturated rings. The Morgan fingerprint density at radius 3 is 2.30 bits per heavy atom. The number of hydrogen-bond donors (Lipinski definition) is 5. The van der Waals surface area contributed by atoms with Crippen LogP contribution in [0.25, 0.3) is 0 Å². The van der Waals surface area contributed by atoms with Gasteiger partial charge in [-0.2, -0.15) is 0 Å². The Morgan fingerprint density at radius 1 is 1.50 bits per heavy atom. The summed E-state index contributed by atoms with van der Waals surface area (Å²) in [4.78, 5) is 0. The van der Waals surface area contributed by atoms with Gasteiger partial charge in [0.05, 0.1) is 6.10 Å². The number of hydrazine groups is 1. The van der Waals surface area contributed by atoms with E-state index >= 15 is 0 Å². The third kappa shape index (κ3) is 15.7. The van der Waals surface area contributed by atoms with Crippen molar-refractivity contribution in [2.75, 3.05) is 19.6 Å². The average Bonchev–Trinajstić information content (AvgIpc) is 1.92. The zero-order chi connectivity index (χ0) is 8.41. The first-order chi connectivity index (χ1) is 4.77. The first-order valence-electron chi connectivity index (χ1n) is 3.19. The maximum absolute atomic E-state index is 8.68. The van der Waals surface area contributed by atoms with Gasteiger partial charge in [-0.1, -0.05) is 0 Å². The second-order valence-electron chi connectivity index (χ2n) is 1.84. The Kier molecular flexibility index (Phi) is 14.4.